The molecule has 7 nitrogen and oxygen atoms in total. The van der Waals surface area contributed by atoms with Gasteiger partial charge >= 0.3 is 0 Å². The number of nitrogens with zero attached hydrogens (tertiary/aromatic N) is 3. The number of oxazole rings is 1. The van der Waals surface area contributed by atoms with E-state index in [1.165, 1.54) is 11.9 Å². The van der Waals surface area contributed by atoms with Crippen LogP contribution in [-0.4, -0.2) is 26.1 Å². The summed E-state index contributed by atoms with van der Waals surface area (Å²) >= 11 is 0. The zero-order valence-electron chi connectivity index (χ0n) is 15.1. The third kappa shape index (κ3) is 3.44. The van der Waals surface area contributed by atoms with Crippen molar-refractivity contribution in [1.29, 1.82) is 0 Å². The summed E-state index contributed by atoms with van der Waals surface area (Å²) in [6.45, 7) is 4.37. The predicted molar refractivity (Wildman–Crippen MR) is 102 cm³/mol. The maximum Gasteiger partial charge on any atom is 0.292 e. The zero-order chi connectivity index (χ0) is 18.8. The van der Waals surface area contributed by atoms with Crippen LogP contribution < -0.4 is 5.32 Å². The molecule has 0 aliphatic rings. The summed E-state index contributed by atoms with van der Waals surface area (Å²) < 4.78 is 5.88. The van der Waals surface area contributed by atoms with Crippen LogP contribution in [-0.2, 0) is 0 Å². The molecule has 2 heterocycles. The lowest BCUT2D eigenvalue weighted by molar-refractivity contribution is 0.101. The summed E-state index contributed by atoms with van der Waals surface area (Å²) in [6.07, 6.45) is 2.37. The molecule has 0 saturated heterocycles. The second-order valence-electron chi connectivity index (χ2n) is 6.42. The highest BCUT2D eigenvalue weighted by Crippen LogP contribution is 2.28. The molecular weight excluding hydrogens is 342 g/mol. The average Bonchev–Trinajstić information content (AvgIpc) is 3.37. The Hall–Kier alpha value is -3.48. The van der Waals surface area contributed by atoms with Gasteiger partial charge in [0.05, 0.1) is 0 Å². The number of nitrogens with one attached hydrogen (secondary N) is 2. The van der Waals surface area contributed by atoms with E-state index in [2.05, 4.69) is 51.5 Å². The topological polar surface area (TPSA) is 96.7 Å². The molecule has 0 spiro atoms. The van der Waals surface area contributed by atoms with E-state index in [1.54, 1.807) is 12.1 Å². The molecule has 27 heavy (non-hydrogen) atoms. The minimum Gasteiger partial charge on any atom is -0.436 e. The summed E-state index contributed by atoms with van der Waals surface area (Å²) in [5, 5.41) is 8.94. The highest BCUT2D eigenvalue weighted by molar-refractivity contribution is 6.01. The zero-order valence-corrected chi connectivity index (χ0v) is 15.1. The first-order valence-corrected chi connectivity index (χ1v) is 8.81. The molecule has 2 aromatic carbocycles. The van der Waals surface area contributed by atoms with Crippen LogP contribution in [0.1, 0.15) is 42.4 Å². The molecule has 0 radical (unpaired) electrons. The van der Waals surface area contributed by atoms with Crippen molar-refractivity contribution in [3.8, 4) is 11.5 Å². The van der Waals surface area contributed by atoms with Crippen molar-refractivity contribution in [1.82, 2.24) is 20.2 Å². The molecule has 0 fully saturated rings. The standard InChI is InChI=1S/C20H19N5O2/c1-3-12(2)14-6-9-17-16(10-14)24-20(27-17)13-4-7-15(8-5-13)23-19(26)18-21-11-22-25-18/h4-12H,3H2,1-2H3,(H,23,26)(H,21,22,25)/t12-/m1/s1. The van der Waals surface area contributed by atoms with Gasteiger partial charge in [0.1, 0.15) is 11.8 Å². The number of benzene rings is 2. The molecule has 7 heteroatoms. The monoisotopic (exact) mass is 361 g/mol. The van der Waals surface area contributed by atoms with Crippen molar-refractivity contribution < 1.29 is 9.21 Å². The largest absolute Gasteiger partial charge is 0.436 e. The molecule has 2 N–H and O–H groups in total. The van der Waals surface area contributed by atoms with Crippen molar-refractivity contribution in [2.45, 2.75) is 26.2 Å². The second-order valence-corrected chi connectivity index (χ2v) is 6.42. The average molecular weight is 361 g/mol. The Labute approximate surface area is 155 Å². The molecule has 0 aliphatic heterocycles. The summed E-state index contributed by atoms with van der Waals surface area (Å²) in [5.74, 6) is 0.857. The number of amides is 1. The minimum absolute atomic E-state index is 0.162. The molecule has 1 atom stereocenters. The number of carbonyl (C=O) groups excluding carboxylic acids is 1. The van der Waals surface area contributed by atoms with Gasteiger partial charge in [0, 0.05) is 11.3 Å². The van der Waals surface area contributed by atoms with Gasteiger partial charge in [-0.15, -0.1) is 0 Å². The lowest BCUT2D eigenvalue weighted by atomic mass is 9.98. The number of fused-ring (bicyclic) bond motifs is 1. The number of aromatic amines is 1. The number of hydrogen-bond acceptors (Lipinski definition) is 5. The fourth-order valence-electron chi connectivity index (χ4n) is 2.81. The van der Waals surface area contributed by atoms with Gasteiger partial charge in [0.15, 0.2) is 5.58 Å². The van der Waals surface area contributed by atoms with Gasteiger partial charge in [0.2, 0.25) is 11.7 Å². The number of anilines is 1. The Morgan fingerprint density at radius 2 is 2.04 bits per heavy atom. The van der Waals surface area contributed by atoms with E-state index in [0.717, 1.165) is 23.1 Å². The van der Waals surface area contributed by atoms with Gasteiger partial charge in [-0.25, -0.2) is 9.97 Å². The van der Waals surface area contributed by atoms with Gasteiger partial charge in [-0.1, -0.05) is 19.9 Å². The lowest BCUT2D eigenvalue weighted by Crippen LogP contribution is -2.13. The minimum atomic E-state index is -0.348. The van der Waals surface area contributed by atoms with E-state index in [4.69, 9.17) is 4.42 Å². The lowest BCUT2D eigenvalue weighted by Gasteiger charge is -2.07. The third-order valence-electron chi connectivity index (χ3n) is 4.61. The Morgan fingerprint density at radius 3 is 2.74 bits per heavy atom. The fraction of sp³-hybridized carbons (Fsp3) is 0.200. The number of aromatic nitrogens is 4. The van der Waals surface area contributed by atoms with E-state index in [1.807, 2.05) is 18.2 Å². The molecule has 136 valence electrons. The SMILES string of the molecule is CC[C@@H](C)c1ccc2oc(-c3ccc(NC(=O)c4ncn[nH]4)cc3)nc2c1. The summed E-state index contributed by atoms with van der Waals surface area (Å²) in [4.78, 5) is 20.4. The van der Waals surface area contributed by atoms with Crippen molar-refractivity contribution in [3.05, 3.63) is 60.2 Å². The Morgan fingerprint density at radius 1 is 1.22 bits per heavy atom. The van der Waals surface area contributed by atoms with Gasteiger partial charge < -0.3 is 9.73 Å². The molecule has 0 aliphatic carbocycles. The molecule has 0 unspecified atom stereocenters. The molecule has 0 saturated carbocycles. The van der Waals surface area contributed by atoms with Crippen LogP contribution in [0.2, 0.25) is 0 Å². The maximum atomic E-state index is 12.0. The van der Waals surface area contributed by atoms with Gasteiger partial charge in [-0.3, -0.25) is 9.89 Å². The number of carbonyl (C=O) groups is 1. The quantitative estimate of drug-likeness (QED) is 0.550. The number of hydrogen-bond donors (Lipinski definition) is 2. The fourth-order valence-corrected chi connectivity index (χ4v) is 2.81. The van der Waals surface area contributed by atoms with E-state index >= 15 is 0 Å². The Balaban J connectivity index is 1.55. The molecular formula is C20H19N5O2. The van der Waals surface area contributed by atoms with Crippen LogP contribution in [0.4, 0.5) is 5.69 Å². The van der Waals surface area contributed by atoms with Crippen LogP contribution >= 0.6 is 0 Å². The smallest absolute Gasteiger partial charge is 0.292 e. The van der Waals surface area contributed by atoms with Crippen LogP contribution in [0.25, 0.3) is 22.6 Å². The second kappa shape index (κ2) is 7.03. The van der Waals surface area contributed by atoms with Crippen LogP contribution in [0, 0.1) is 0 Å². The maximum absolute atomic E-state index is 12.0. The summed E-state index contributed by atoms with van der Waals surface area (Å²) in [6, 6.07) is 13.5. The van der Waals surface area contributed by atoms with Crippen LogP contribution in [0.3, 0.4) is 0 Å². The van der Waals surface area contributed by atoms with Gasteiger partial charge in [-0.2, -0.15) is 5.10 Å². The molecule has 4 aromatic rings. The third-order valence-corrected chi connectivity index (χ3v) is 4.61. The van der Waals surface area contributed by atoms with Crippen LogP contribution in [0.15, 0.2) is 53.2 Å². The molecule has 2 aromatic heterocycles. The Bertz CT molecular complexity index is 1070. The normalized spacial score (nSPS) is 12.2. The summed E-state index contributed by atoms with van der Waals surface area (Å²) in [7, 11) is 0. The van der Waals surface area contributed by atoms with Crippen molar-refractivity contribution in [2.24, 2.45) is 0 Å². The van der Waals surface area contributed by atoms with Crippen LogP contribution in [0.5, 0.6) is 0 Å². The van der Waals surface area contributed by atoms with E-state index in [-0.39, 0.29) is 11.7 Å². The Kier molecular flexibility index (Phi) is 4.42. The first-order chi connectivity index (χ1) is 13.1. The van der Waals surface area contributed by atoms with E-state index < -0.39 is 0 Å². The highest BCUT2D eigenvalue weighted by atomic mass is 16.3. The van der Waals surface area contributed by atoms with E-state index in [0.29, 0.717) is 17.5 Å². The molecule has 0 bridgehead atoms. The van der Waals surface area contributed by atoms with Crippen molar-refractivity contribution in [2.75, 3.05) is 5.32 Å². The molecule has 1 amide bonds. The van der Waals surface area contributed by atoms with Gasteiger partial charge in [-0.05, 0) is 54.3 Å². The first kappa shape index (κ1) is 17.0. The van der Waals surface area contributed by atoms with Gasteiger partial charge in [0.25, 0.3) is 5.91 Å². The highest BCUT2D eigenvalue weighted by Gasteiger charge is 2.12. The first-order valence-electron chi connectivity index (χ1n) is 8.81. The number of H-pyrrole nitrogens is 1. The summed E-state index contributed by atoms with van der Waals surface area (Å²) in [5.41, 5.74) is 4.37. The number of rotatable bonds is 5. The molecule has 4 rings (SSSR count). The predicted octanol–water partition coefficient (Wildman–Crippen LogP) is 4.38. The van der Waals surface area contributed by atoms with E-state index in [9.17, 15) is 4.79 Å². The van der Waals surface area contributed by atoms with Crippen molar-refractivity contribution in [3.63, 3.8) is 0 Å². The van der Waals surface area contributed by atoms with Crippen molar-refractivity contribution >= 4 is 22.7 Å².